The molecule has 198 valence electrons. The van der Waals surface area contributed by atoms with E-state index in [4.69, 9.17) is 4.74 Å². The number of amides is 2. The van der Waals surface area contributed by atoms with Gasteiger partial charge in [0.15, 0.2) is 11.5 Å². The van der Waals surface area contributed by atoms with Crippen LogP contribution >= 0.6 is 0 Å². The fraction of sp³-hybridized carbons (Fsp3) is 0.346. The van der Waals surface area contributed by atoms with Gasteiger partial charge in [-0.05, 0) is 49.2 Å². The summed E-state index contributed by atoms with van der Waals surface area (Å²) in [4.78, 5) is 34.1. The minimum Gasteiger partial charge on any atom is -0.377 e. The molecule has 5 rings (SSSR count). The number of nitrogens with zero attached hydrogens (tertiary/aromatic N) is 5. The number of morpholine rings is 1. The molecule has 0 unspecified atom stereocenters. The van der Waals surface area contributed by atoms with Crippen molar-refractivity contribution in [3.05, 3.63) is 59.5 Å². The zero-order valence-corrected chi connectivity index (χ0v) is 20.7. The maximum Gasteiger partial charge on any atom is 0.435 e. The van der Waals surface area contributed by atoms with Crippen LogP contribution in [0.25, 0.3) is 11.1 Å². The third-order valence-electron chi connectivity index (χ3n) is 6.68. The zero-order chi connectivity index (χ0) is 27.0. The summed E-state index contributed by atoms with van der Waals surface area (Å²) in [5.41, 5.74) is 2.19. The van der Waals surface area contributed by atoms with Gasteiger partial charge in [-0.2, -0.15) is 18.3 Å². The van der Waals surface area contributed by atoms with Crippen LogP contribution in [0.5, 0.6) is 0 Å². The van der Waals surface area contributed by atoms with E-state index >= 15 is 0 Å². The molecule has 0 aliphatic carbocycles. The Morgan fingerprint density at radius 3 is 2.79 bits per heavy atom. The number of ether oxygens (including phenoxy) is 1. The van der Waals surface area contributed by atoms with Gasteiger partial charge < -0.3 is 15.0 Å². The van der Waals surface area contributed by atoms with Crippen LogP contribution in [0.3, 0.4) is 0 Å². The summed E-state index contributed by atoms with van der Waals surface area (Å²) in [6.07, 6.45) is -1.71. The number of hydrogen-bond acceptors (Lipinski definition) is 7. The highest BCUT2D eigenvalue weighted by Gasteiger charge is 2.35. The number of anilines is 3. The lowest BCUT2D eigenvalue weighted by Gasteiger charge is -2.36. The van der Waals surface area contributed by atoms with Crippen molar-refractivity contribution in [2.24, 2.45) is 0 Å². The molecule has 0 bridgehead atoms. The minimum absolute atomic E-state index is 0.00725. The number of carbonyl (C=O) groups excluding carboxylic acids is 2. The maximum absolute atomic E-state index is 13.0. The quantitative estimate of drug-likeness (QED) is 0.547. The number of benzene rings is 1. The standard InChI is InChI=1S/C26H25F3N6O3/c1-3-34-23(36)11-19-14-38-7-6-35(19)21-8-16(12-30-24(21)34)20-10-18(5-4-15(20)2)32-25(37)17-9-22(26(27,28)29)33-31-13-17/h4-5,8-10,12-13,19H,3,6-7,11,14H2,1-2H3,(H,32,37)/t19-/m0/s1. The summed E-state index contributed by atoms with van der Waals surface area (Å²) in [6.45, 7) is 5.93. The van der Waals surface area contributed by atoms with E-state index in [1.807, 2.05) is 26.0 Å². The number of hydrogen-bond donors (Lipinski definition) is 1. The van der Waals surface area contributed by atoms with Crippen LogP contribution < -0.4 is 15.1 Å². The molecule has 1 N–H and O–H groups in total. The molecule has 1 atom stereocenters. The predicted molar refractivity (Wildman–Crippen MR) is 134 cm³/mol. The van der Waals surface area contributed by atoms with Crippen molar-refractivity contribution >= 4 is 29.0 Å². The Morgan fingerprint density at radius 1 is 1.21 bits per heavy atom. The van der Waals surface area contributed by atoms with Gasteiger partial charge in [0.05, 0.1) is 36.7 Å². The van der Waals surface area contributed by atoms with Gasteiger partial charge in [0.2, 0.25) is 5.91 Å². The molecule has 2 aliphatic rings. The van der Waals surface area contributed by atoms with Gasteiger partial charge in [0.1, 0.15) is 0 Å². The number of pyridine rings is 1. The second-order valence-corrected chi connectivity index (χ2v) is 9.14. The van der Waals surface area contributed by atoms with Crippen LogP contribution in [-0.2, 0) is 15.7 Å². The fourth-order valence-electron chi connectivity index (χ4n) is 4.75. The number of aromatic nitrogens is 3. The minimum atomic E-state index is -4.71. The second kappa shape index (κ2) is 10.0. The van der Waals surface area contributed by atoms with Crippen molar-refractivity contribution in [1.29, 1.82) is 0 Å². The molecule has 0 saturated carbocycles. The Labute approximate surface area is 216 Å². The Bertz CT molecular complexity index is 1400. The van der Waals surface area contributed by atoms with Crippen molar-refractivity contribution in [1.82, 2.24) is 15.2 Å². The van der Waals surface area contributed by atoms with Gasteiger partial charge in [0, 0.05) is 37.0 Å². The highest BCUT2D eigenvalue weighted by Crippen LogP contribution is 2.38. The first-order valence-electron chi connectivity index (χ1n) is 12.1. The lowest BCUT2D eigenvalue weighted by atomic mass is 10.00. The van der Waals surface area contributed by atoms with E-state index in [9.17, 15) is 22.8 Å². The molecule has 0 spiro atoms. The van der Waals surface area contributed by atoms with Crippen molar-refractivity contribution in [2.45, 2.75) is 32.5 Å². The molecule has 9 nitrogen and oxygen atoms in total. The average molecular weight is 527 g/mol. The van der Waals surface area contributed by atoms with E-state index < -0.39 is 17.8 Å². The second-order valence-electron chi connectivity index (χ2n) is 9.14. The van der Waals surface area contributed by atoms with Crippen LogP contribution in [0.4, 0.5) is 30.4 Å². The number of halogens is 3. The molecule has 1 saturated heterocycles. The van der Waals surface area contributed by atoms with Crippen LogP contribution in [0.15, 0.2) is 42.7 Å². The van der Waals surface area contributed by atoms with Crippen LogP contribution in [-0.4, -0.2) is 59.3 Å². The monoisotopic (exact) mass is 526 g/mol. The molecule has 4 heterocycles. The van der Waals surface area contributed by atoms with Crippen LogP contribution in [0.1, 0.15) is 35.0 Å². The van der Waals surface area contributed by atoms with Gasteiger partial charge in [-0.15, -0.1) is 5.10 Å². The molecule has 2 amide bonds. The van der Waals surface area contributed by atoms with E-state index in [2.05, 4.69) is 25.4 Å². The third kappa shape index (κ3) is 4.91. The lowest BCUT2D eigenvalue weighted by Crippen LogP contribution is -2.46. The smallest absolute Gasteiger partial charge is 0.377 e. The summed E-state index contributed by atoms with van der Waals surface area (Å²) in [6, 6.07) is 7.77. The van der Waals surface area contributed by atoms with E-state index in [1.165, 1.54) is 0 Å². The molecule has 2 aromatic heterocycles. The Kier molecular flexibility index (Phi) is 6.74. The van der Waals surface area contributed by atoms with E-state index in [1.54, 1.807) is 23.2 Å². The van der Waals surface area contributed by atoms with E-state index in [-0.39, 0.29) is 17.5 Å². The molecule has 1 aromatic carbocycles. The largest absolute Gasteiger partial charge is 0.435 e. The fourth-order valence-corrected chi connectivity index (χ4v) is 4.75. The van der Waals surface area contributed by atoms with Crippen molar-refractivity contribution in [2.75, 3.05) is 41.4 Å². The van der Waals surface area contributed by atoms with E-state index in [0.29, 0.717) is 50.3 Å². The number of rotatable bonds is 4. The third-order valence-corrected chi connectivity index (χ3v) is 6.68. The topological polar surface area (TPSA) is 101 Å². The zero-order valence-electron chi connectivity index (χ0n) is 20.7. The molecule has 0 radical (unpaired) electrons. The van der Waals surface area contributed by atoms with Crippen LogP contribution in [0, 0.1) is 6.92 Å². The van der Waals surface area contributed by atoms with Gasteiger partial charge in [-0.1, -0.05) is 6.07 Å². The van der Waals surface area contributed by atoms with Crippen LogP contribution in [0.2, 0.25) is 0 Å². The summed E-state index contributed by atoms with van der Waals surface area (Å²) in [7, 11) is 0. The predicted octanol–water partition coefficient (Wildman–Crippen LogP) is 4.08. The molecular weight excluding hydrogens is 501 g/mol. The molecule has 38 heavy (non-hydrogen) atoms. The first kappa shape index (κ1) is 25.6. The summed E-state index contributed by atoms with van der Waals surface area (Å²) in [5.74, 6) is -0.154. The van der Waals surface area contributed by atoms with Crippen molar-refractivity contribution in [3.63, 3.8) is 0 Å². The molecular formula is C26H25F3N6O3. The highest BCUT2D eigenvalue weighted by atomic mass is 19.4. The van der Waals surface area contributed by atoms with Gasteiger partial charge in [-0.3, -0.25) is 14.5 Å². The Hall–Kier alpha value is -4.06. The molecule has 1 fully saturated rings. The number of fused-ring (bicyclic) bond motifs is 3. The summed E-state index contributed by atoms with van der Waals surface area (Å²) < 4.78 is 44.6. The first-order valence-corrected chi connectivity index (χ1v) is 12.1. The number of alkyl halides is 3. The molecule has 2 aliphatic heterocycles. The Balaban J connectivity index is 1.48. The van der Waals surface area contributed by atoms with Crippen molar-refractivity contribution in [3.8, 4) is 11.1 Å². The maximum atomic E-state index is 13.0. The number of carbonyl (C=O) groups is 2. The average Bonchev–Trinajstić information content (AvgIpc) is 3.02. The Morgan fingerprint density at radius 2 is 2.03 bits per heavy atom. The van der Waals surface area contributed by atoms with Crippen molar-refractivity contribution < 1.29 is 27.5 Å². The number of aryl methyl sites for hydroxylation is 1. The molecule has 3 aromatic rings. The summed E-state index contributed by atoms with van der Waals surface area (Å²) >= 11 is 0. The SMILES string of the molecule is CCN1C(=O)C[C@H]2COCCN2c2cc(-c3cc(NC(=O)c4cnnc(C(F)(F)F)c4)ccc3C)cnc21. The molecule has 12 heteroatoms. The summed E-state index contributed by atoms with van der Waals surface area (Å²) in [5, 5.41) is 9.01. The van der Waals surface area contributed by atoms with E-state index in [0.717, 1.165) is 28.6 Å². The highest BCUT2D eigenvalue weighted by molar-refractivity contribution is 6.04. The van der Waals surface area contributed by atoms with Gasteiger partial charge >= 0.3 is 6.18 Å². The van der Waals surface area contributed by atoms with Gasteiger partial charge in [-0.25, -0.2) is 4.98 Å². The normalized spacial score (nSPS) is 17.5. The lowest BCUT2D eigenvalue weighted by molar-refractivity contribution is -0.141. The first-order chi connectivity index (χ1) is 18.2. The number of nitrogens with one attached hydrogen (secondary N) is 1. The van der Waals surface area contributed by atoms with Gasteiger partial charge in [0.25, 0.3) is 5.91 Å².